The SMILES string of the molecule is C=CCCCOc1ccc(-c2ccc(COc3ccc(O)cc3F)cc2)c(F)c1F. The molecule has 0 heterocycles. The van der Waals surface area contributed by atoms with Crippen LogP contribution in [0.1, 0.15) is 18.4 Å². The number of phenolic OH excluding ortho intramolecular Hbond substituents is 1. The van der Waals surface area contributed by atoms with Gasteiger partial charge in [0.2, 0.25) is 5.82 Å². The van der Waals surface area contributed by atoms with Crippen LogP contribution in [0.5, 0.6) is 17.2 Å². The number of aromatic hydroxyl groups is 1. The van der Waals surface area contributed by atoms with E-state index in [9.17, 15) is 18.3 Å². The fourth-order valence-corrected chi connectivity index (χ4v) is 2.82. The topological polar surface area (TPSA) is 38.7 Å². The lowest BCUT2D eigenvalue weighted by Crippen LogP contribution is -2.01. The maximum atomic E-state index is 14.5. The van der Waals surface area contributed by atoms with Gasteiger partial charge in [-0.05, 0) is 48.2 Å². The Bertz CT molecular complexity index is 1020. The lowest BCUT2D eigenvalue weighted by Gasteiger charge is -2.11. The number of rotatable bonds is 9. The molecule has 0 aliphatic rings. The van der Waals surface area contributed by atoms with Gasteiger partial charge in [-0.2, -0.15) is 4.39 Å². The Hall–Kier alpha value is -3.41. The summed E-state index contributed by atoms with van der Waals surface area (Å²) >= 11 is 0. The van der Waals surface area contributed by atoms with E-state index in [1.165, 1.54) is 24.3 Å². The van der Waals surface area contributed by atoms with Crippen molar-refractivity contribution in [1.82, 2.24) is 0 Å². The van der Waals surface area contributed by atoms with Gasteiger partial charge in [0.15, 0.2) is 23.1 Å². The monoisotopic (exact) mass is 414 g/mol. The second-order valence-corrected chi connectivity index (χ2v) is 6.62. The van der Waals surface area contributed by atoms with E-state index in [1.54, 1.807) is 30.3 Å². The Labute approximate surface area is 173 Å². The van der Waals surface area contributed by atoms with Crippen LogP contribution < -0.4 is 9.47 Å². The summed E-state index contributed by atoms with van der Waals surface area (Å²) in [5.41, 5.74) is 1.32. The number of halogens is 3. The molecule has 3 nitrogen and oxygen atoms in total. The molecule has 0 saturated carbocycles. The molecule has 0 amide bonds. The number of ether oxygens (including phenoxy) is 2. The second-order valence-electron chi connectivity index (χ2n) is 6.62. The van der Waals surface area contributed by atoms with Crippen molar-refractivity contribution in [2.45, 2.75) is 19.4 Å². The normalized spacial score (nSPS) is 10.6. The maximum absolute atomic E-state index is 14.5. The Morgan fingerprint density at radius 1 is 0.867 bits per heavy atom. The average Bonchev–Trinajstić information content (AvgIpc) is 2.74. The van der Waals surface area contributed by atoms with Crippen LogP contribution in [0.3, 0.4) is 0 Å². The number of allylic oxidation sites excluding steroid dienone is 1. The summed E-state index contributed by atoms with van der Waals surface area (Å²) in [5, 5.41) is 9.22. The number of hydrogen-bond donors (Lipinski definition) is 1. The van der Waals surface area contributed by atoms with Crippen LogP contribution in [-0.2, 0) is 6.61 Å². The Kier molecular flexibility index (Phi) is 7.01. The minimum atomic E-state index is -1.03. The predicted molar refractivity (Wildman–Crippen MR) is 109 cm³/mol. The van der Waals surface area contributed by atoms with Crippen LogP contribution in [-0.4, -0.2) is 11.7 Å². The summed E-state index contributed by atoms with van der Waals surface area (Å²) in [6.07, 6.45) is 3.14. The van der Waals surface area contributed by atoms with Gasteiger partial charge < -0.3 is 14.6 Å². The lowest BCUT2D eigenvalue weighted by molar-refractivity contribution is 0.289. The first-order valence-corrected chi connectivity index (χ1v) is 9.42. The third-order valence-electron chi connectivity index (χ3n) is 4.43. The molecule has 0 bridgehead atoms. The molecular weight excluding hydrogens is 393 g/mol. The summed E-state index contributed by atoms with van der Waals surface area (Å²) in [4.78, 5) is 0. The zero-order chi connectivity index (χ0) is 21.5. The van der Waals surface area contributed by atoms with Gasteiger partial charge in [0.05, 0.1) is 6.61 Å². The largest absolute Gasteiger partial charge is 0.508 e. The highest BCUT2D eigenvalue weighted by Gasteiger charge is 2.16. The smallest absolute Gasteiger partial charge is 0.201 e. The van der Waals surface area contributed by atoms with Gasteiger partial charge in [-0.15, -0.1) is 6.58 Å². The molecule has 0 radical (unpaired) electrons. The van der Waals surface area contributed by atoms with Crippen molar-refractivity contribution in [3.05, 3.63) is 90.3 Å². The molecule has 0 saturated heterocycles. The second kappa shape index (κ2) is 9.87. The minimum Gasteiger partial charge on any atom is -0.508 e. The lowest BCUT2D eigenvalue weighted by atomic mass is 10.0. The molecule has 0 aromatic heterocycles. The molecule has 6 heteroatoms. The molecule has 1 N–H and O–H groups in total. The third kappa shape index (κ3) is 5.14. The fourth-order valence-electron chi connectivity index (χ4n) is 2.82. The minimum absolute atomic E-state index is 0.00803. The molecule has 3 aromatic carbocycles. The van der Waals surface area contributed by atoms with Crippen molar-refractivity contribution in [3.8, 4) is 28.4 Å². The van der Waals surface area contributed by atoms with Gasteiger partial charge in [0, 0.05) is 11.6 Å². The first kappa shape index (κ1) is 21.3. The van der Waals surface area contributed by atoms with E-state index >= 15 is 0 Å². The van der Waals surface area contributed by atoms with Crippen molar-refractivity contribution >= 4 is 0 Å². The van der Waals surface area contributed by atoms with E-state index in [2.05, 4.69) is 6.58 Å². The van der Waals surface area contributed by atoms with E-state index in [0.29, 0.717) is 17.5 Å². The number of unbranched alkanes of at least 4 members (excludes halogenated alkanes) is 1. The molecule has 156 valence electrons. The number of hydrogen-bond acceptors (Lipinski definition) is 3. The van der Waals surface area contributed by atoms with Crippen LogP contribution in [0.2, 0.25) is 0 Å². The Balaban J connectivity index is 1.68. The van der Waals surface area contributed by atoms with Gasteiger partial charge in [-0.1, -0.05) is 30.3 Å². The van der Waals surface area contributed by atoms with Crippen molar-refractivity contribution in [1.29, 1.82) is 0 Å². The first-order chi connectivity index (χ1) is 14.5. The zero-order valence-electron chi connectivity index (χ0n) is 16.2. The molecule has 0 aliphatic carbocycles. The maximum Gasteiger partial charge on any atom is 0.201 e. The van der Waals surface area contributed by atoms with Crippen molar-refractivity contribution in [2.24, 2.45) is 0 Å². The molecule has 0 spiro atoms. The fraction of sp³-hybridized carbons (Fsp3) is 0.167. The molecule has 0 aliphatic heterocycles. The average molecular weight is 414 g/mol. The molecule has 30 heavy (non-hydrogen) atoms. The van der Waals surface area contributed by atoms with Gasteiger partial charge in [-0.25, -0.2) is 8.78 Å². The van der Waals surface area contributed by atoms with Crippen LogP contribution >= 0.6 is 0 Å². The highest BCUT2D eigenvalue weighted by molar-refractivity contribution is 5.65. The summed E-state index contributed by atoms with van der Waals surface area (Å²) in [7, 11) is 0. The summed E-state index contributed by atoms with van der Waals surface area (Å²) in [6.45, 7) is 3.95. The Morgan fingerprint density at radius 3 is 2.30 bits per heavy atom. The third-order valence-corrected chi connectivity index (χ3v) is 4.43. The van der Waals surface area contributed by atoms with Crippen molar-refractivity contribution in [3.63, 3.8) is 0 Å². The molecule has 0 atom stereocenters. The van der Waals surface area contributed by atoms with E-state index in [4.69, 9.17) is 9.47 Å². The van der Waals surface area contributed by atoms with E-state index in [0.717, 1.165) is 12.5 Å². The summed E-state index contributed by atoms with van der Waals surface area (Å²) in [6, 6.07) is 13.1. The summed E-state index contributed by atoms with van der Waals surface area (Å²) < 4.78 is 53.2. The van der Waals surface area contributed by atoms with Crippen LogP contribution in [0.4, 0.5) is 13.2 Å². The van der Waals surface area contributed by atoms with Crippen molar-refractivity contribution < 1.29 is 27.8 Å². The number of benzene rings is 3. The van der Waals surface area contributed by atoms with E-state index < -0.39 is 17.5 Å². The highest BCUT2D eigenvalue weighted by Crippen LogP contribution is 2.30. The van der Waals surface area contributed by atoms with E-state index in [-0.39, 0.29) is 36.0 Å². The van der Waals surface area contributed by atoms with Gasteiger partial charge in [-0.3, -0.25) is 0 Å². The molecule has 0 unspecified atom stereocenters. The van der Waals surface area contributed by atoms with Crippen LogP contribution in [0.15, 0.2) is 67.3 Å². The molecule has 3 aromatic rings. The first-order valence-electron chi connectivity index (χ1n) is 9.42. The predicted octanol–water partition coefficient (Wildman–Crippen LogP) is 6.40. The standard InChI is InChI=1S/C24H21F3O3/c1-2-3-4-13-29-22-12-10-19(23(26)24(22)27)17-7-5-16(6-8-17)15-30-21-11-9-18(28)14-20(21)25/h2,5-12,14,28H,1,3-4,13,15H2. The Morgan fingerprint density at radius 2 is 1.60 bits per heavy atom. The molecule has 0 fully saturated rings. The van der Waals surface area contributed by atoms with Crippen LogP contribution in [0, 0.1) is 17.5 Å². The quantitative estimate of drug-likeness (QED) is 0.325. The number of phenols is 1. The molecular formula is C24H21F3O3. The summed E-state index contributed by atoms with van der Waals surface area (Å²) in [5.74, 6) is -2.98. The van der Waals surface area contributed by atoms with Gasteiger partial charge in [0.1, 0.15) is 12.4 Å². The van der Waals surface area contributed by atoms with Gasteiger partial charge in [0.25, 0.3) is 0 Å². The zero-order valence-corrected chi connectivity index (χ0v) is 16.2. The van der Waals surface area contributed by atoms with Gasteiger partial charge >= 0.3 is 0 Å². The molecule has 3 rings (SSSR count). The van der Waals surface area contributed by atoms with Crippen molar-refractivity contribution in [2.75, 3.05) is 6.61 Å². The van der Waals surface area contributed by atoms with E-state index in [1.807, 2.05) is 0 Å². The van der Waals surface area contributed by atoms with Crippen LogP contribution in [0.25, 0.3) is 11.1 Å². The highest BCUT2D eigenvalue weighted by atomic mass is 19.2.